The summed E-state index contributed by atoms with van der Waals surface area (Å²) in [5.74, 6) is -1.30. The molecule has 2 fully saturated rings. The maximum atomic E-state index is 14.9. The van der Waals surface area contributed by atoms with Crippen molar-refractivity contribution >= 4 is 29.1 Å². The highest BCUT2D eigenvalue weighted by Crippen LogP contribution is 2.41. The molecule has 0 unspecified atom stereocenters. The third-order valence-electron chi connectivity index (χ3n) is 9.79. The molecular weight excluding hydrogens is 639 g/mol. The van der Waals surface area contributed by atoms with Crippen LogP contribution in [0.5, 0.6) is 0 Å². The molecule has 3 aliphatic heterocycles. The normalized spacial score (nSPS) is 16.7. The number of anilines is 2. The van der Waals surface area contributed by atoms with E-state index < -0.39 is 11.7 Å². The number of morpholine rings is 1. The number of aromatic nitrogens is 1. The van der Waals surface area contributed by atoms with Crippen molar-refractivity contribution in [2.75, 3.05) is 70.4 Å². The second-order valence-electron chi connectivity index (χ2n) is 13.2. The van der Waals surface area contributed by atoms with Crippen LogP contribution in [-0.4, -0.2) is 92.2 Å². The SMILES string of the molecule is CN(C)C(=O)c1ccc(CN2CCn3c(C(=O)NCc4ccc(NC(=O)c5ccc(N6CCOCC6)cc5F)cc4)ccc3C23COC3)cc1. The highest BCUT2D eigenvalue weighted by Gasteiger charge is 2.50. The second kappa shape index (κ2) is 14.1. The van der Waals surface area contributed by atoms with E-state index in [1.807, 2.05) is 53.4 Å². The Balaban J connectivity index is 0.950. The lowest BCUT2D eigenvalue weighted by molar-refractivity contribution is -0.162. The van der Waals surface area contributed by atoms with Crippen molar-refractivity contribution in [2.24, 2.45) is 0 Å². The molecule has 1 spiro atoms. The molecular formula is C38H41FN6O5. The Labute approximate surface area is 290 Å². The number of amides is 3. The largest absolute Gasteiger partial charge is 0.378 e. The highest BCUT2D eigenvalue weighted by atomic mass is 19.1. The van der Waals surface area contributed by atoms with Crippen molar-refractivity contribution in [1.82, 2.24) is 19.7 Å². The molecule has 1 aromatic heterocycles. The average molecular weight is 681 g/mol. The summed E-state index contributed by atoms with van der Waals surface area (Å²) >= 11 is 0. The summed E-state index contributed by atoms with van der Waals surface area (Å²) < 4.78 is 28.1. The molecule has 3 aromatic carbocycles. The van der Waals surface area contributed by atoms with Crippen LogP contribution in [0.3, 0.4) is 0 Å². The van der Waals surface area contributed by atoms with E-state index in [4.69, 9.17) is 9.47 Å². The van der Waals surface area contributed by atoms with Gasteiger partial charge in [-0.1, -0.05) is 24.3 Å². The van der Waals surface area contributed by atoms with Gasteiger partial charge in [0.15, 0.2) is 0 Å². The van der Waals surface area contributed by atoms with Crippen molar-refractivity contribution in [3.05, 3.63) is 118 Å². The van der Waals surface area contributed by atoms with Crippen molar-refractivity contribution in [1.29, 1.82) is 0 Å². The zero-order valence-electron chi connectivity index (χ0n) is 28.3. The van der Waals surface area contributed by atoms with Crippen LogP contribution in [0, 0.1) is 5.82 Å². The molecule has 4 aromatic rings. The molecule has 4 heterocycles. The molecule has 0 aliphatic carbocycles. The van der Waals surface area contributed by atoms with Crippen molar-refractivity contribution in [3.63, 3.8) is 0 Å². The Bertz CT molecular complexity index is 1880. The molecule has 3 amide bonds. The summed E-state index contributed by atoms with van der Waals surface area (Å²) in [5, 5.41) is 5.79. The smallest absolute Gasteiger partial charge is 0.268 e. The Morgan fingerprint density at radius 2 is 1.54 bits per heavy atom. The maximum Gasteiger partial charge on any atom is 0.268 e. The number of nitrogens with one attached hydrogen (secondary N) is 2. The Kier molecular flexibility index (Phi) is 9.41. The molecule has 11 nitrogen and oxygen atoms in total. The summed E-state index contributed by atoms with van der Waals surface area (Å²) in [6.45, 7) is 6.06. The van der Waals surface area contributed by atoms with Crippen LogP contribution in [0.2, 0.25) is 0 Å². The van der Waals surface area contributed by atoms with Gasteiger partial charge in [-0.15, -0.1) is 0 Å². The number of hydrogen-bond donors (Lipinski definition) is 2. The van der Waals surface area contributed by atoms with Gasteiger partial charge in [-0.25, -0.2) is 4.39 Å². The highest BCUT2D eigenvalue weighted by molar-refractivity contribution is 6.04. The van der Waals surface area contributed by atoms with Crippen molar-refractivity contribution in [3.8, 4) is 0 Å². The van der Waals surface area contributed by atoms with Crippen LogP contribution in [0.1, 0.15) is 48.0 Å². The molecule has 50 heavy (non-hydrogen) atoms. The fourth-order valence-corrected chi connectivity index (χ4v) is 6.88. The Hall–Kier alpha value is -5.04. The molecule has 260 valence electrons. The van der Waals surface area contributed by atoms with E-state index in [9.17, 15) is 18.8 Å². The number of nitrogens with zero attached hydrogens (tertiary/aromatic N) is 4. The van der Waals surface area contributed by atoms with Gasteiger partial charge >= 0.3 is 0 Å². The topological polar surface area (TPSA) is 108 Å². The number of rotatable bonds is 9. The van der Waals surface area contributed by atoms with Crippen LogP contribution in [0.4, 0.5) is 15.8 Å². The molecule has 0 saturated carbocycles. The van der Waals surface area contributed by atoms with Gasteiger partial charge < -0.3 is 34.5 Å². The Morgan fingerprint density at radius 1 is 0.820 bits per heavy atom. The number of ether oxygens (including phenoxy) is 2. The molecule has 2 N–H and O–H groups in total. The van der Waals surface area contributed by atoms with Gasteiger partial charge in [0.05, 0.1) is 32.0 Å². The summed E-state index contributed by atoms with van der Waals surface area (Å²) in [5.41, 5.74) is 5.20. The summed E-state index contributed by atoms with van der Waals surface area (Å²) in [6, 6.07) is 23.4. The fourth-order valence-electron chi connectivity index (χ4n) is 6.88. The predicted octanol–water partition coefficient (Wildman–Crippen LogP) is 4.09. The minimum Gasteiger partial charge on any atom is -0.378 e. The van der Waals surface area contributed by atoms with Gasteiger partial charge in [0.25, 0.3) is 17.7 Å². The van der Waals surface area contributed by atoms with E-state index in [1.165, 1.54) is 12.1 Å². The van der Waals surface area contributed by atoms with Crippen LogP contribution in [-0.2, 0) is 34.6 Å². The summed E-state index contributed by atoms with van der Waals surface area (Å²) in [4.78, 5) is 44.6. The van der Waals surface area contributed by atoms with Crippen molar-refractivity contribution in [2.45, 2.75) is 25.2 Å². The first kappa shape index (κ1) is 33.5. The minimum absolute atomic E-state index is 0.0252. The van der Waals surface area contributed by atoms with E-state index >= 15 is 0 Å². The zero-order chi connectivity index (χ0) is 34.8. The zero-order valence-corrected chi connectivity index (χ0v) is 28.3. The van der Waals surface area contributed by atoms with Crippen LogP contribution in [0.15, 0.2) is 78.9 Å². The number of halogens is 1. The van der Waals surface area contributed by atoms with Gasteiger partial charge in [-0.3, -0.25) is 19.3 Å². The third kappa shape index (κ3) is 6.61. The number of carbonyl (C=O) groups excluding carboxylic acids is 3. The van der Waals surface area contributed by atoms with E-state index in [1.54, 1.807) is 37.2 Å². The first-order chi connectivity index (χ1) is 24.2. The van der Waals surface area contributed by atoms with E-state index in [0.717, 1.165) is 29.1 Å². The number of benzene rings is 3. The fraction of sp³-hybridized carbons (Fsp3) is 0.342. The van der Waals surface area contributed by atoms with Gasteiger partial charge in [-0.05, 0) is 65.7 Å². The van der Waals surface area contributed by atoms with Gasteiger partial charge in [0.2, 0.25) is 0 Å². The van der Waals surface area contributed by atoms with Crippen molar-refractivity contribution < 1.29 is 28.2 Å². The molecule has 3 aliphatic rings. The lowest BCUT2D eigenvalue weighted by atomic mass is 9.88. The number of hydrogen-bond acceptors (Lipinski definition) is 7. The van der Waals surface area contributed by atoms with E-state index in [0.29, 0.717) is 76.1 Å². The third-order valence-corrected chi connectivity index (χ3v) is 9.79. The summed E-state index contributed by atoms with van der Waals surface area (Å²) in [6.07, 6.45) is 0. The Morgan fingerprint density at radius 3 is 2.20 bits per heavy atom. The molecule has 2 saturated heterocycles. The molecule has 12 heteroatoms. The van der Waals surface area contributed by atoms with Gasteiger partial charge in [0, 0.05) is 76.0 Å². The van der Waals surface area contributed by atoms with Crippen LogP contribution < -0.4 is 15.5 Å². The molecule has 0 bridgehead atoms. The van der Waals surface area contributed by atoms with Crippen LogP contribution in [0.25, 0.3) is 0 Å². The van der Waals surface area contributed by atoms with Gasteiger partial charge in [-0.2, -0.15) is 0 Å². The first-order valence-corrected chi connectivity index (χ1v) is 16.9. The molecule has 0 atom stereocenters. The molecule has 7 rings (SSSR count). The molecule has 0 radical (unpaired) electrons. The minimum atomic E-state index is -0.578. The average Bonchev–Trinajstić information content (AvgIpc) is 3.55. The number of carbonyl (C=O) groups is 3. The van der Waals surface area contributed by atoms with Crippen LogP contribution >= 0.6 is 0 Å². The maximum absolute atomic E-state index is 14.9. The lowest BCUT2D eigenvalue weighted by Gasteiger charge is -2.53. The quantitative estimate of drug-likeness (QED) is 0.274. The van der Waals surface area contributed by atoms with Gasteiger partial charge in [0.1, 0.15) is 17.1 Å². The number of fused-ring (bicyclic) bond motifs is 2. The monoisotopic (exact) mass is 680 g/mol. The van der Waals surface area contributed by atoms with E-state index in [-0.39, 0.29) is 22.9 Å². The second-order valence-corrected chi connectivity index (χ2v) is 13.2. The lowest BCUT2D eigenvalue weighted by Crippen LogP contribution is -2.63. The van der Waals surface area contributed by atoms with E-state index in [2.05, 4.69) is 20.1 Å². The standard InChI is InChI=1S/C38H41FN6O5/c1-42(2)37(48)28-7-3-27(4-8-28)23-44-15-16-45-33(13-14-34(45)38(44)24-50-25-38)36(47)40-22-26-5-9-29(10-6-26)41-35(46)31-12-11-30(21-32(31)39)43-17-19-49-20-18-43/h3-14,21H,15-20,22-25H2,1-2H3,(H,40,47)(H,41,46). The predicted molar refractivity (Wildman–Crippen MR) is 187 cm³/mol. The first-order valence-electron chi connectivity index (χ1n) is 16.9. The summed E-state index contributed by atoms with van der Waals surface area (Å²) in [7, 11) is 3.49.